The SMILES string of the molecule is COc1ccc(C=Cc2ccccc2)cc1C. The number of hydrogen-bond donors (Lipinski definition) is 0. The molecule has 0 amide bonds. The molecule has 0 unspecified atom stereocenters. The number of hydrogen-bond acceptors (Lipinski definition) is 1. The Morgan fingerprint density at radius 1 is 0.882 bits per heavy atom. The lowest BCUT2D eigenvalue weighted by molar-refractivity contribution is 0.411. The van der Waals surface area contributed by atoms with E-state index in [1.54, 1.807) is 7.11 Å². The van der Waals surface area contributed by atoms with Crippen molar-refractivity contribution in [3.63, 3.8) is 0 Å². The standard InChI is InChI=1S/C16H16O/c1-13-12-15(10-11-16(13)17-2)9-8-14-6-4-3-5-7-14/h3-12H,1-2H3. The molecule has 2 aromatic rings. The zero-order valence-corrected chi connectivity index (χ0v) is 10.2. The van der Waals surface area contributed by atoms with Gasteiger partial charge in [-0.1, -0.05) is 48.6 Å². The average Bonchev–Trinajstić information content (AvgIpc) is 2.38. The predicted molar refractivity (Wildman–Crippen MR) is 73.1 cm³/mol. The van der Waals surface area contributed by atoms with Crippen LogP contribution in [-0.2, 0) is 0 Å². The molecule has 86 valence electrons. The van der Waals surface area contributed by atoms with Crippen molar-refractivity contribution in [3.8, 4) is 5.75 Å². The molecular weight excluding hydrogens is 208 g/mol. The molecule has 0 aliphatic heterocycles. The van der Waals surface area contributed by atoms with Crippen LogP contribution in [0.1, 0.15) is 16.7 Å². The summed E-state index contributed by atoms with van der Waals surface area (Å²) in [5.74, 6) is 0.932. The highest BCUT2D eigenvalue weighted by Gasteiger charge is 1.97. The monoisotopic (exact) mass is 224 g/mol. The normalized spacial score (nSPS) is 10.7. The molecular formula is C16H16O. The maximum atomic E-state index is 5.24. The van der Waals surface area contributed by atoms with E-state index in [4.69, 9.17) is 4.74 Å². The van der Waals surface area contributed by atoms with Gasteiger partial charge in [0.2, 0.25) is 0 Å². The van der Waals surface area contributed by atoms with Crippen LogP contribution in [-0.4, -0.2) is 7.11 Å². The summed E-state index contributed by atoms with van der Waals surface area (Å²) in [6.45, 7) is 2.05. The summed E-state index contributed by atoms with van der Waals surface area (Å²) in [7, 11) is 1.70. The first kappa shape index (κ1) is 11.5. The first-order valence-electron chi connectivity index (χ1n) is 5.67. The molecule has 2 rings (SSSR count). The highest BCUT2D eigenvalue weighted by Crippen LogP contribution is 2.19. The maximum absolute atomic E-state index is 5.24. The molecule has 0 spiro atoms. The van der Waals surface area contributed by atoms with Crippen LogP contribution in [0, 0.1) is 6.92 Å². The highest BCUT2D eigenvalue weighted by molar-refractivity contribution is 5.70. The van der Waals surface area contributed by atoms with Crippen LogP contribution in [0.2, 0.25) is 0 Å². The third kappa shape index (κ3) is 2.97. The molecule has 2 aromatic carbocycles. The number of methoxy groups -OCH3 is 1. The van der Waals surface area contributed by atoms with Gasteiger partial charge in [0.15, 0.2) is 0 Å². The Hall–Kier alpha value is -2.02. The molecule has 17 heavy (non-hydrogen) atoms. The van der Waals surface area contributed by atoms with Crippen molar-refractivity contribution in [3.05, 3.63) is 65.2 Å². The van der Waals surface area contributed by atoms with Gasteiger partial charge in [-0.3, -0.25) is 0 Å². The molecule has 0 saturated carbocycles. The van der Waals surface area contributed by atoms with Gasteiger partial charge < -0.3 is 4.74 Å². The lowest BCUT2D eigenvalue weighted by Crippen LogP contribution is -1.86. The summed E-state index contributed by atoms with van der Waals surface area (Å²) in [6, 6.07) is 16.5. The number of benzene rings is 2. The van der Waals surface area contributed by atoms with Crippen LogP contribution in [0.15, 0.2) is 48.5 Å². The lowest BCUT2D eigenvalue weighted by Gasteiger charge is -2.04. The third-order valence-electron chi connectivity index (χ3n) is 2.69. The summed E-state index contributed by atoms with van der Waals surface area (Å²) in [5, 5.41) is 0. The second-order valence-corrected chi connectivity index (χ2v) is 3.97. The molecule has 0 aliphatic rings. The molecule has 0 bridgehead atoms. The van der Waals surface area contributed by atoms with E-state index in [1.807, 2.05) is 24.3 Å². The second kappa shape index (κ2) is 5.35. The van der Waals surface area contributed by atoms with Crippen LogP contribution in [0.3, 0.4) is 0 Å². The summed E-state index contributed by atoms with van der Waals surface area (Å²) in [6.07, 6.45) is 4.23. The minimum absolute atomic E-state index is 0.932. The van der Waals surface area contributed by atoms with E-state index in [0.717, 1.165) is 11.3 Å². The summed E-state index contributed by atoms with van der Waals surface area (Å²) in [4.78, 5) is 0. The number of rotatable bonds is 3. The largest absolute Gasteiger partial charge is 0.496 e. The Morgan fingerprint density at radius 2 is 1.59 bits per heavy atom. The van der Waals surface area contributed by atoms with Gasteiger partial charge in [-0.2, -0.15) is 0 Å². The minimum atomic E-state index is 0.932. The second-order valence-electron chi connectivity index (χ2n) is 3.97. The third-order valence-corrected chi connectivity index (χ3v) is 2.69. The van der Waals surface area contributed by atoms with Gasteiger partial charge >= 0.3 is 0 Å². The molecule has 0 heterocycles. The van der Waals surface area contributed by atoms with Gasteiger partial charge in [-0.25, -0.2) is 0 Å². The quantitative estimate of drug-likeness (QED) is 0.711. The zero-order chi connectivity index (χ0) is 12.1. The van der Waals surface area contributed by atoms with Crippen molar-refractivity contribution in [1.82, 2.24) is 0 Å². The van der Waals surface area contributed by atoms with Crippen molar-refractivity contribution in [2.45, 2.75) is 6.92 Å². The molecule has 0 N–H and O–H groups in total. The van der Waals surface area contributed by atoms with E-state index < -0.39 is 0 Å². The van der Waals surface area contributed by atoms with Crippen LogP contribution in [0.25, 0.3) is 12.2 Å². The fourth-order valence-corrected chi connectivity index (χ4v) is 1.76. The Balaban J connectivity index is 2.19. The fraction of sp³-hybridized carbons (Fsp3) is 0.125. The molecule has 0 aromatic heterocycles. The van der Waals surface area contributed by atoms with Crippen LogP contribution in [0.4, 0.5) is 0 Å². The van der Waals surface area contributed by atoms with E-state index in [-0.39, 0.29) is 0 Å². The van der Waals surface area contributed by atoms with Crippen molar-refractivity contribution < 1.29 is 4.74 Å². The van der Waals surface area contributed by atoms with Crippen LogP contribution < -0.4 is 4.74 Å². The molecule has 0 aliphatic carbocycles. The molecule has 1 nitrogen and oxygen atoms in total. The van der Waals surface area contributed by atoms with Gasteiger partial charge in [0, 0.05) is 0 Å². The molecule has 0 saturated heterocycles. The summed E-state index contributed by atoms with van der Waals surface area (Å²) >= 11 is 0. The average molecular weight is 224 g/mol. The van der Waals surface area contributed by atoms with E-state index in [9.17, 15) is 0 Å². The Bertz CT molecular complexity index is 512. The first-order chi connectivity index (χ1) is 8.29. The number of ether oxygens (including phenoxy) is 1. The Morgan fingerprint density at radius 3 is 2.24 bits per heavy atom. The molecule has 0 fully saturated rings. The predicted octanol–water partition coefficient (Wildman–Crippen LogP) is 4.17. The number of aryl methyl sites for hydroxylation is 1. The van der Waals surface area contributed by atoms with Crippen molar-refractivity contribution in [1.29, 1.82) is 0 Å². The van der Waals surface area contributed by atoms with E-state index in [1.165, 1.54) is 11.1 Å². The fourth-order valence-electron chi connectivity index (χ4n) is 1.76. The smallest absolute Gasteiger partial charge is 0.121 e. The summed E-state index contributed by atoms with van der Waals surface area (Å²) < 4.78 is 5.24. The van der Waals surface area contributed by atoms with E-state index >= 15 is 0 Å². The van der Waals surface area contributed by atoms with Crippen molar-refractivity contribution in [2.75, 3.05) is 7.11 Å². The van der Waals surface area contributed by atoms with Gasteiger partial charge in [-0.15, -0.1) is 0 Å². The lowest BCUT2D eigenvalue weighted by atomic mass is 10.1. The molecule has 0 atom stereocenters. The molecule has 0 radical (unpaired) electrons. The van der Waals surface area contributed by atoms with E-state index in [2.05, 4.69) is 43.3 Å². The topological polar surface area (TPSA) is 9.23 Å². The first-order valence-corrected chi connectivity index (χ1v) is 5.67. The van der Waals surface area contributed by atoms with Gasteiger partial charge in [0.25, 0.3) is 0 Å². The maximum Gasteiger partial charge on any atom is 0.121 e. The Kier molecular flexibility index (Phi) is 3.61. The van der Waals surface area contributed by atoms with Crippen molar-refractivity contribution >= 4 is 12.2 Å². The minimum Gasteiger partial charge on any atom is -0.496 e. The molecule has 1 heteroatoms. The summed E-state index contributed by atoms with van der Waals surface area (Å²) in [5.41, 5.74) is 3.55. The van der Waals surface area contributed by atoms with Crippen molar-refractivity contribution in [2.24, 2.45) is 0 Å². The highest BCUT2D eigenvalue weighted by atomic mass is 16.5. The van der Waals surface area contributed by atoms with Gasteiger partial charge in [0.1, 0.15) is 5.75 Å². The zero-order valence-electron chi connectivity index (χ0n) is 10.2. The van der Waals surface area contributed by atoms with E-state index in [0.29, 0.717) is 0 Å². The van der Waals surface area contributed by atoms with Gasteiger partial charge in [0.05, 0.1) is 7.11 Å². The van der Waals surface area contributed by atoms with Gasteiger partial charge in [-0.05, 0) is 35.7 Å². The van der Waals surface area contributed by atoms with Crippen LogP contribution in [0.5, 0.6) is 5.75 Å². The Labute approximate surface area is 102 Å². The van der Waals surface area contributed by atoms with Crippen LogP contribution >= 0.6 is 0 Å².